The Morgan fingerprint density at radius 3 is 1.50 bits per heavy atom. The third kappa shape index (κ3) is 5.09. The summed E-state index contributed by atoms with van der Waals surface area (Å²) in [5.74, 6) is -1.63. The predicted molar refractivity (Wildman–Crippen MR) is 73.1 cm³/mol. The number of hydrogen-bond donors (Lipinski definition) is 4. The Balaban J connectivity index is 5.23. The van der Waals surface area contributed by atoms with Crippen LogP contribution in [0.5, 0.6) is 0 Å². The van der Waals surface area contributed by atoms with Gasteiger partial charge in [-0.1, -0.05) is 0 Å². The maximum Gasteiger partial charge on any atom is 0.264 e. The fourth-order valence-electron chi connectivity index (χ4n) is 1.12. The van der Waals surface area contributed by atoms with E-state index in [1.54, 1.807) is 12.1 Å². The number of carbonyl (C=O) groups is 2. The second-order valence-corrected chi connectivity index (χ2v) is 4.53. The average Bonchev–Trinajstić information content (AvgIpc) is 2.54. The quantitative estimate of drug-likeness (QED) is 0.386. The Hall–Kier alpha value is -2.56. The van der Waals surface area contributed by atoms with Gasteiger partial charge in [-0.3, -0.25) is 9.59 Å². The normalized spacial score (nSPS) is 15.9. The van der Waals surface area contributed by atoms with Crippen LogP contribution in [0.2, 0.25) is 0 Å². The molecule has 22 heavy (non-hydrogen) atoms. The van der Waals surface area contributed by atoms with E-state index >= 15 is 0 Å². The number of hydrogen-bond acceptors (Lipinski definition) is 8. The molecular weight excluding hydrogens is 292 g/mol. The Labute approximate surface area is 127 Å². The van der Waals surface area contributed by atoms with E-state index in [0.717, 1.165) is 13.8 Å². The molecule has 2 unspecified atom stereocenters. The fourth-order valence-corrected chi connectivity index (χ4v) is 1.12. The highest BCUT2D eigenvalue weighted by atomic mass is 16.3. The Morgan fingerprint density at radius 2 is 1.27 bits per heavy atom. The zero-order chi connectivity index (χ0) is 17.2. The molecule has 0 bridgehead atoms. The number of carbonyl (C=O) groups excluding carboxylic acids is 2. The summed E-state index contributed by atoms with van der Waals surface area (Å²) in [6, 6.07) is 3.26. The average molecular weight is 310 g/mol. The van der Waals surface area contributed by atoms with Crippen LogP contribution in [-0.2, 0) is 9.59 Å². The van der Waals surface area contributed by atoms with Crippen molar-refractivity contribution >= 4 is 11.8 Å². The van der Waals surface area contributed by atoms with E-state index < -0.39 is 22.9 Å². The van der Waals surface area contributed by atoms with Crippen LogP contribution in [0.25, 0.3) is 0 Å². The summed E-state index contributed by atoms with van der Waals surface area (Å²) in [6.07, 6.45) is 0. The van der Waals surface area contributed by atoms with Crippen molar-refractivity contribution in [3.63, 3.8) is 0 Å². The second-order valence-electron chi connectivity index (χ2n) is 4.53. The summed E-state index contributed by atoms with van der Waals surface area (Å²) < 4.78 is 0. The monoisotopic (exact) mass is 310 g/mol. The van der Waals surface area contributed by atoms with E-state index in [4.69, 9.17) is 20.7 Å². The number of rotatable bonds is 8. The summed E-state index contributed by atoms with van der Waals surface area (Å²) in [4.78, 5) is 23.6. The molecule has 120 valence electrons. The van der Waals surface area contributed by atoms with E-state index in [2.05, 4.69) is 20.9 Å². The molecule has 0 radical (unpaired) electrons. The topological polar surface area (TPSA) is 171 Å². The number of aliphatic hydroxyl groups excluding tert-OH is 2. The zero-order valence-corrected chi connectivity index (χ0v) is 12.3. The maximum absolute atomic E-state index is 11.8. The van der Waals surface area contributed by atoms with E-state index in [0.29, 0.717) is 0 Å². The molecule has 10 nitrogen and oxygen atoms in total. The maximum atomic E-state index is 11.8. The Morgan fingerprint density at radius 1 is 0.955 bits per heavy atom. The first-order chi connectivity index (χ1) is 10.3. The standard InChI is InChI=1S/C12H18N6O4/c1-11(7-13,9(21)15-3-5-19)17-18-12(2,8-14)10(22)16-4-6-20/h19-20H,3-6H2,1-2H3,(H,15,21)(H,16,22)/b18-17+. The summed E-state index contributed by atoms with van der Waals surface area (Å²) in [5, 5.41) is 47.0. The molecule has 2 amide bonds. The fraction of sp³-hybridized carbons (Fsp3) is 0.667. The SMILES string of the molecule is CC(C#N)(/N=N/C(C)(C#N)C(=O)NCCO)C(=O)NCCO. The van der Waals surface area contributed by atoms with Gasteiger partial charge >= 0.3 is 0 Å². The summed E-state index contributed by atoms with van der Waals surface area (Å²) in [5.41, 5.74) is -3.88. The molecule has 0 fully saturated rings. The van der Waals surface area contributed by atoms with Crippen LogP contribution in [0.3, 0.4) is 0 Å². The molecule has 0 spiro atoms. The number of azo groups is 1. The van der Waals surface area contributed by atoms with Crippen LogP contribution in [0.1, 0.15) is 13.8 Å². The minimum absolute atomic E-state index is 0.0713. The molecule has 0 aliphatic carbocycles. The minimum atomic E-state index is -1.94. The van der Waals surface area contributed by atoms with Crippen LogP contribution in [-0.4, -0.2) is 59.4 Å². The van der Waals surface area contributed by atoms with Crippen LogP contribution in [0.15, 0.2) is 10.2 Å². The van der Waals surface area contributed by atoms with Crippen molar-refractivity contribution in [1.82, 2.24) is 10.6 Å². The first-order valence-corrected chi connectivity index (χ1v) is 6.34. The summed E-state index contributed by atoms with van der Waals surface area (Å²) >= 11 is 0. The van der Waals surface area contributed by atoms with Crippen molar-refractivity contribution in [2.45, 2.75) is 24.9 Å². The van der Waals surface area contributed by atoms with Gasteiger partial charge in [-0.15, -0.1) is 0 Å². The van der Waals surface area contributed by atoms with Crippen molar-refractivity contribution in [3.8, 4) is 12.1 Å². The van der Waals surface area contributed by atoms with Gasteiger partial charge in [0.05, 0.1) is 13.2 Å². The van der Waals surface area contributed by atoms with Crippen molar-refractivity contribution in [2.24, 2.45) is 10.2 Å². The van der Waals surface area contributed by atoms with Gasteiger partial charge in [0.25, 0.3) is 11.8 Å². The van der Waals surface area contributed by atoms with Crippen molar-refractivity contribution in [3.05, 3.63) is 0 Å². The molecule has 0 rings (SSSR count). The summed E-state index contributed by atoms with van der Waals surface area (Å²) in [7, 11) is 0. The van der Waals surface area contributed by atoms with Gasteiger partial charge in [0.2, 0.25) is 11.1 Å². The lowest BCUT2D eigenvalue weighted by Gasteiger charge is -2.18. The van der Waals surface area contributed by atoms with Crippen LogP contribution < -0.4 is 10.6 Å². The number of aliphatic hydroxyl groups is 2. The van der Waals surface area contributed by atoms with Gasteiger partial charge in [-0.2, -0.15) is 20.8 Å². The number of nitriles is 2. The summed E-state index contributed by atoms with van der Waals surface area (Å²) in [6.45, 7) is 1.54. The molecule has 0 aromatic carbocycles. The van der Waals surface area contributed by atoms with E-state index in [9.17, 15) is 9.59 Å². The molecule has 0 aliphatic rings. The second kappa shape index (κ2) is 8.67. The molecule has 10 heteroatoms. The molecule has 0 aliphatic heterocycles. The van der Waals surface area contributed by atoms with Crippen LogP contribution in [0, 0.1) is 22.7 Å². The van der Waals surface area contributed by atoms with E-state index in [-0.39, 0.29) is 26.3 Å². The molecule has 2 atom stereocenters. The van der Waals surface area contributed by atoms with E-state index in [1.807, 2.05) is 0 Å². The van der Waals surface area contributed by atoms with Gasteiger partial charge in [-0.05, 0) is 13.8 Å². The van der Waals surface area contributed by atoms with Crippen molar-refractivity contribution in [1.29, 1.82) is 10.5 Å². The van der Waals surface area contributed by atoms with Crippen molar-refractivity contribution in [2.75, 3.05) is 26.3 Å². The largest absolute Gasteiger partial charge is 0.395 e. The molecule has 4 N–H and O–H groups in total. The van der Waals surface area contributed by atoms with Gasteiger partial charge < -0.3 is 20.8 Å². The Bertz CT molecular complexity index is 477. The predicted octanol–water partition coefficient (Wildman–Crippen LogP) is -1.78. The number of nitrogens with zero attached hydrogens (tertiary/aromatic N) is 4. The Kier molecular flexibility index (Phi) is 7.66. The molecule has 0 aromatic heterocycles. The van der Waals surface area contributed by atoms with Crippen LogP contribution in [0.4, 0.5) is 0 Å². The highest BCUT2D eigenvalue weighted by Crippen LogP contribution is 2.16. The molecule has 0 aromatic rings. The zero-order valence-electron chi connectivity index (χ0n) is 12.3. The number of nitrogens with one attached hydrogen (secondary N) is 2. The minimum Gasteiger partial charge on any atom is -0.395 e. The van der Waals surface area contributed by atoms with Gasteiger partial charge in [0, 0.05) is 13.1 Å². The lowest BCUT2D eigenvalue weighted by atomic mass is 10.0. The van der Waals surface area contributed by atoms with Crippen molar-refractivity contribution < 1.29 is 19.8 Å². The third-order valence-electron chi connectivity index (χ3n) is 2.56. The first kappa shape index (κ1) is 19.4. The molecule has 0 heterocycles. The smallest absolute Gasteiger partial charge is 0.264 e. The first-order valence-electron chi connectivity index (χ1n) is 6.34. The van der Waals surface area contributed by atoms with Gasteiger partial charge in [0.1, 0.15) is 12.1 Å². The van der Waals surface area contributed by atoms with Crippen LogP contribution >= 0.6 is 0 Å². The molecule has 0 saturated carbocycles. The lowest BCUT2D eigenvalue weighted by molar-refractivity contribution is -0.126. The van der Waals surface area contributed by atoms with E-state index in [1.165, 1.54) is 0 Å². The highest BCUT2D eigenvalue weighted by molar-refractivity contribution is 5.90. The lowest BCUT2D eigenvalue weighted by Crippen LogP contribution is -2.45. The number of amides is 2. The van der Waals surface area contributed by atoms with Gasteiger partial charge in [0.15, 0.2) is 0 Å². The molecule has 0 saturated heterocycles. The van der Waals surface area contributed by atoms with Gasteiger partial charge in [-0.25, -0.2) is 0 Å². The third-order valence-corrected chi connectivity index (χ3v) is 2.56. The molecular formula is C12H18N6O4. The highest BCUT2D eigenvalue weighted by Gasteiger charge is 2.38.